The van der Waals surface area contributed by atoms with Crippen LogP contribution < -0.4 is 10.6 Å². The highest BCUT2D eigenvalue weighted by atomic mass is 16.7. The van der Waals surface area contributed by atoms with E-state index in [1.165, 1.54) is 14.2 Å². The minimum Gasteiger partial charge on any atom is -0.365 e. The molecule has 3 aliphatic rings. The Morgan fingerprint density at radius 2 is 1.96 bits per heavy atom. The number of hydrazone groups is 1. The van der Waals surface area contributed by atoms with E-state index >= 15 is 0 Å². The first-order valence-corrected chi connectivity index (χ1v) is 6.96. The fourth-order valence-electron chi connectivity index (χ4n) is 3.81. The van der Waals surface area contributed by atoms with Crippen molar-refractivity contribution in [1.29, 1.82) is 15.9 Å². The highest BCUT2D eigenvalue weighted by molar-refractivity contribution is 6.19. The van der Waals surface area contributed by atoms with Crippen LogP contribution in [0.5, 0.6) is 0 Å². The zero-order valence-corrected chi connectivity index (χ0v) is 13.3. The Balaban J connectivity index is 2.45. The lowest BCUT2D eigenvalue weighted by molar-refractivity contribution is -0.249. The fourth-order valence-corrected chi connectivity index (χ4v) is 3.81. The third-order valence-electron chi connectivity index (χ3n) is 4.92. The molecular weight excluding hydrogens is 298 g/mol. The zero-order valence-electron chi connectivity index (χ0n) is 13.3. The maximum absolute atomic E-state index is 10.1. The molecular formula is C14H17N7O2. The Hall–Kier alpha value is -2.62. The summed E-state index contributed by atoms with van der Waals surface area (Å²) in [6.45, 7) is 2.16. The van der Waals surface area contributed by atoms with Crippen molar-refractivity contribution in [2.45, 2.75) is 12.8 Å². The molecule has 0 amide bonds. The van der Waals surface area contributed by atoms with Crippen LogP contribution in [0.15, 0.2) is 16.4 Å². The normalized spacial score (nSPS) is 33.9. The topological polar surface area (TPSA) is 130 Å². The number of ether oxygens (including phenoxy) is 2. The van der Waals surface area contributed by atoms with E-state index in [4.69, 9.17) is 14.9 Å². The summed E-state index contributed by atoms with van der Waals surface area (Å²) in [6.07, 6.45) is 0. The predicted octanol–water partition coefficient (Wildman–Crippen LogP) is -0.330. The van der Waals surface area contributed by atoms with Crippen LogP contribution in [0.3, 0.4) is 0 Å². The molecule has 0 aromatic heterocycles. The maximum Gasteiger partial charge on any atom is 0.277 e. The maximum atomic E-state index is 10.1. The lowest BCUT2D eigenvalue weighted by atomic mass is 9.63. The van der Waals surface area contributed by atoms with Gasteiger partial charge in [-0.2, -0.15) is 15.6 Å². The molecule has 1 fully saturated rings. The first kappa shape index (κ1) is 15.3. The van der Waals surface area contributed by atoms with Crippen LogP contribution in [0.2, 0.25) is 0 Å². The Morgan fingerprint density at radius 1 is 1.30 bits per heavy atom. The van der Waals surface area contributed by atoms with Gasteiger partial charge in [-0.05, 0) is 12.5 Å². The minimum atomic E-state index is -1.68. The zero-order chi connectivity index (χ0) is 17.0. The summed E-state index contributed by atoms with van der Waals surface area (Å²) in [6, 6.07) is 4.35. The number of hydrogen-bond donors (Lipinski definition) is 3. The molecule has 9 nitrogen and oxygen atoms in total. The van der Waals surface area contributed by atoms with Crippen molar-refractivity contribution < 1.29 is 9.47 Å². The summed E-state index contributed by atoms with van der Waals surface area (Å²) < 4.78 is 11.0. The third-order valence-corrected chi connectivity index (χ3v) is 4.92. The SMILES string of the molecule is COC1(OC)NC(=N)C2(C#N)C(C)=C3NCN(C)N=C3C12C#N. The third kappa shape index (κ3) is 1.29. The molecule has 2 unspecified atom stereocenters. The molecule has 0 aromatic carbocycles. The lowest BCUT2D eigenvalue weighted by Gasteiger charge is -2.40. The number of hydrogen-bond acceptors (Lipinski definition) is 8. The molecule has 23 heavy (non-hydrogen) atoms. The number of nitrogens with one attached hydrogen (secondary N) is 3. The number of nitrogens with zero attached hydrogens (tertiary/aromatic N) is 4. The van der Waals surface area contributed by atoms with E-state index in [9.17, 15) is 10.5 Å². The highest BCUT2D eigenvalue weighted by Gasteiger charge is 2.81. The van der Waals surface area contributed by atoms with Crippen molar-refractivity contribution in [2.24, 2.45) is 15.9 Å². The summed E-state index contributed by atoms with van der Waals surface area (Å²) in [7, 11) is 4.48. The van der Waals surface area contributed by atoms with E-state index in [1.54, 1.807) is 19.0 Å². The second-order valence-electron chi connectivity index (χ2n) is 5.69. The molecule has 3 N–H and O–H groups in total. The van der Waals surface area contributed by atoms with Gasteiger partial charge in [0.1, 0.15) is 18.2 Å². The van der Waals surface area contributed by atoms with Crippen molar-refractivity contribution in [2.75, 3.05) is 27.9 Å². The van der Waals surface area contributed by atoms with Gasteiger partial charge in [0.05, 0.1) is 17.8 Å². The van der Waals surface area contributed by atoms with E-state index in [0.29, 0.717) is 23.7 Å². The second kappa shape index (κ2) is 4.44. The number of amidine groups is 1. The van der Waals surface area contributed by atoms with Gasteiger partial charge in [0.15, 0.2) is 5.41 Å². The van der Waals surface area contributed by atoms with E-state index in [2.05, 4.69) is 27.9 Å². The molecule has 0 spiro atoms. The van der Waals surface area contributed by atoms with Crippen molar-refractivity contribution in [3.8, 4) is 12.1 Å². The average molecular weight is 315 g/mol. The number of methoxy groups -OCH3 is 2. The molecule has 2 aliphatic heterocycles. The quantitative estimate of drug-likeness (QED) is 0.595. The van der Waals surface area contributed by atoms with Crippen molar-refractivity contribution in [3.05, 3.63) is 11.3 Å². The molecule has 120 valence electrons. The number of allylic oxidation sites excluding steroid dienone is 1. The van der Waals surface area contributed by atoms with Gasteiger partial charge in [0.25, 0.3) is 5.91 Å². The fraction of sp³-hybridized carbons (Fsp3) is 0.571. The molecule has 3 rings (SSSR count). The molecule has 0 aromatic rings. The van der Waals surface area contributed by atoms with E-state index < -0.39 is 16.7 Å². The monoisotopic (exact) mass is 315 g/mol. The molecule has 2 heterocycles. The van der Waals surface area contributed by atoms with Crippen LogP contribution in [0.4, 0.5) is 0 Å². The summed E-state index contributed by atoms with van der Waals surface area (Å²) in [5.74, 6) is -1.83. The van der Waals surface area contributed by atoms with Crippen LogP contribution in [-0.4, -0.2) is 50.4 Å². The Bertz CT molecular complexity index is 739. The smallest absolute Gasteiger partial charge is 0.277 e. The molecule has 0 saturated carbocycles. The summed E-state index contributed by atoms with van der Waals surface area (Å²) >= 11 is 0. The number of fused-ring (bicyclic) bond motifs is 3. The van der Waals surface area contributed by atoms with E-state index in [-0.39, 0.29) is 5.84 Å². The molecule has 0 radical (unpaired) electrons. The number of nitriles is 2. The van der Waals surface area contributed by atoms with Gasteiger partial charge in [0, 0.05) is 21.3 Å². The van der Waals surface area contributed by atoms with Gasteiger partial charge in [-0.3, -0.25) is 10.4 Å². The summed E-state index contributed by atoms with van der Waals surface area (Å²) in [4.78, 5) is 0. The van der Waals surface area contributed by atoms with Gasteiger partial charge >= 0.3 is 0 Å². The van der Waals surface area contributed by atoms with Crippen LogP contribution in [0.1, 0.15) is 6.92 Å². The van der Waals surface area contributed by atoms with Crippen LogP contribution in [0, 0.1) is 38.9 Å². The van der Waals surface area contributed by atoms with Crippen molar-refractivity contribution in [3.63, 3.8) is 0 Å². The van der Waals surface area contributed by atoms with Gasteiger partial charge in [-0.15, -0.1) is 0 Å². The van der Waals surface area contributed by atoms with Gasteiger partial charge in [-0.25, -0.2) is 0 Å². The Labute approximate surface area is 133 Å². The van der Waals surface area contributed by atoms with Crippen LogP contribution >= 0.6 is 0 Å². The molecule has 9 heteroatoms. The van der Waals surface area contributed by atoms with Gasteiger partial charge in [-0.1, -0.05) is 0 Å². The van der Waals surface area contributed by atoms with Crippen molar-refractivity contribution in [1.82, 2.24) is 15.6 Å². The lowest BCUT2D eigenvalue weighted by Crippen LogP contribution is -2.61. The predicted molar refractivity (Wildman–Crippen MR) is 79.6 cm³/mol. The van der Waals surface area contributed by atoms with Crippen molar-refractivity contribution >= 4 is 11.5 Å². The Morgan fingerprint density at radius 3 is 2.48 bits per heavy atom. The van der Waals surface area contributed by atoms with Gasteiger partial charge in [0.2, 0.25) is 5.41 Å². The van der Waals surface area contributed by atoms with Crippen LogP contribution in [0.25, 0.3) is 0 Å². The standard InChI is InChI=1S/C14H17N7O2/c1-8-9-10(20-21(2)7-18-9)13(6-16)12(8,5-15)11(17)19-14(13,22-3)23-4/h18H,7H2,1-4H3,(H2,17,19). The Kier molecular flexibility index (Phi) is 2.95. The second-order valence-corrected chi connectivity index (χ2v) is 5.69. The van der Waals surface area contributed by atoms with E-state index in [1.807, 2.05) is 0 Å². The first-order chi connectivity index (χ1) is 10.9. The first-order valence-electron chi connectivity index (χ1n) is 6.96. The van der Waals surface area contributed by atoms with Crippen LogP contribution in [-0.2, 0) is 9.47 Å². The summed E-state index contributed by atoms with van der Waals surface area (Å²) in [5, 5.41) is 40.5. The van der Waals surface area contributed by atoms with E-state index in [0.717, 1.165) is 0 Å². The largest absolute Gasteiger partial charge is 0.365 e. The molecule has 0 bridgehead atoms. The molecule has 2 atom stereocenters. The highest BCUT2D eigenvalue weighted by Crippen LogP contribution is 2.63. The number of rotatable bonds is 2. The average Bonchev–Trinajstić information content (AvgIpc) is 2.92. The molecule has 1 saturated heterocycles. The molecule has 1 aliphatic carbocycles. The summed E-state index contributed by atoms with van der Waals surface area (Å²) in [5.41, 5.74) is -1.71. The minimum absolute atomic E-state index is 0.142. The van der Waals surface area contributed by atoms with Gasteiger partial charge < -0.3 is 20.1 Å².